The van der Waals surface area contributed by atoms with Gasteiger partial charge >= 0.3 is 0 Å². The number of rotatable bonds is 39. The maximum atomic E-state index is 18.2. The van der Waals surface area contributed by atoms with Crippen LogP contribution in [0, 0.1) is 93.2 Å². The van der Waals surface area contributed by atoms with Gasteiger partial charge in [-0.15, -0.1) is 0 Å². The molecule has 4 rings (SSSR count). The molecule has 1 aliphatic carbocycles. The van der Waals surface area contributed by atoms with E-state index in [2.05, 4.69) is 13.8 Å². The molecule has 0 saturated carbocycles. The van der Waals surface area contributed by atoms with Crippen molar-refractivity contribution in [1.29, 1.82) is 0 Å². The van der Waals surface area contributed by atoms with Gasteiger partial charge in [-0.05, 0) is 12.8 Å². The standard InChI is InChI=1S/C61H76F20N/c1-3-5-7-9-11-13-15-17-19-21-23-25-27-29-31-33-35-37(36-34-32-30-28-26-24-22-20-18-16-14-12-10-8-6-4-2)61(59(80)54(78)47(71)55(79)60(61)81)82(56-48(72)41(65)38(62)42(66)49(56)73,57-50(74)43(67)39(63)44(68)51(57)75)58-52(76)45(69)40(64)46(70)53(58)77/h37,59H,3-36H2,1-2H3/q+1. The topological polar surface area (TPSA) is 0 Å². The van der Waals surface area contributed by atoms with Crippen molar-refractivity contribution in [2.24, 2.45) is 5.92 Å². The Bertz CT molecular complexity index is 2310. The Hall–Kier alpha value is -4.30. The molecule has 0 spiro atoms. The SMILES string of the molecule is CCCCCCCCCCCCCCCCCCC(CCCCCCCCCCCCCCCCCC)C1([N+](c2c(F)c(F)c(F)c(F)c2F)(c2c(F)c(F)c(F)c(F)c2F)c2c(F)c(F)c(F)c(F)c2F)C(F)=C(F)C(F)=C(F)C1F. The fourth-order valence-electron chi connectivity index (χ4n) is 11.8. The maximum absolute atomic E-state index is 18.2. The summed E-state index contributed by atoms with van der Waals surface area (Å²) in [4.78, 5) is 0. The van der Waals surface area contributed by atoms with Gasteiger partial charge in [-0.25, -0.2) is 61.5 Å². The lowest BCUT2D eigenvalue weighted by molar-refractivity contribution is 0.0203. The van der Waals surface area contributed by atoms with Crippen LogP contribution in [-0.2, 0) is 0 Å². The highest BCUT2D eigenvalue weighted by Crippen LogP contribution is 2.66. The summed E-state index contributed by atoms with van der Waals surface area (Å²) >= 11 is 0. The van der Waals surface area contributed by atoms with Gasteiger partial charge in [-0.1, -0.05) is 219 Å². The Morgan fingerprint density at radius 2 is 0.476 bits per heavy atom. The summed E-state index contributed by atoms with van der Waals surface area (Å²) < 4.78 is 322. The lowest BCUT2D eigenvalue weighted by atomic mass is 9.67. The highest BCUT2D eigenvalue weighted by atomic mass is 19.2. The minimum Gasteiger partial charge on any atom is -0.232 e. The summed E-state index contributed by atoms with van der Waals surface area (Å²) in [5.74, 6) is -69.5. The van der Waals surface area contributed by atoms with Crippen LogP contribution in [0.1, 0.15) is 232 Å². The first-order valence-corrected chi connectivity index (χ1v) is 29.3. The molecule has 0 radical (unpaired) electrons. The van der Waals surface area contributed by atoms with Gasteiger partial charge in [0, 0.05) is 5.92 Å². The summed E-state index contributed by atoms with van der Waals surface area (Å²) in [6.45, 7) is 4.25. The van der Waals surface area contributed by atoms with Crippen LogP contribution in [0.4, 0.5) is 105 Å². The summed E-state index contributed by atoms with van der Waals surface area (Å²) in [5.41, 5.74) is -16.1. The number of benzene rings is 3. The Kier molecular flexibility index (Phi) is 29.1. The predicted octanol–water partition coefficient (Wildman–Crippen LogP) is 24.1. The Morgan fingerprint density at radius 1 is 0.280 bits per heavy atom. The van der Waals surface area contributed by atoms with Gasteiger partial charge in [0.15, 0.2) is 17.5 Å². The Morgan fingerprint density at radius 3 is 0.695 bits per heavy atom. The third kappa shape index (κ3) is 15.6. The number of hydrogen-bond acceptors (Lipinski definition) is 0. The monoisotopic (exact) mass is 1200 g/mol. The van der Waals surface area contributed by atoms with Crippen molar-refractivity contribution in [2.75, 3.05) is 0 Å². The van der Waals surface area contributed by atoms with E-state index in [0.29, 0.717) is 25.7 Å². The minimum absolute atomic E-state index is 0.116. The van der Waals surface area contributed by atoms with E-state index in [1.807, 2.05) is 0 Å². The van der Waals surface area contributed by atoms with E-state index in [1.54, 1.807) is 0 Å². The van der Waals surface area contributed by atoms with Gasteiger partial charge in [0.05, 0.1) is 0 Å². The van der Waals surface area contributed by atoms with Crippen LogP contribution in [-0.4, -0.2) is 11.7 Å². The van der Waals surface area contributed by atoms with Crippen molar-refractivity contribution < 1.29 is 87.8 Å². The predicted molar refractivity (Wildman–Crippen MR) is 278 cm³/mol. The third-order valence-electron chi connectivity index (χ3n) is 16.1. The molecule has 82 heavy (non-hydrogen) atoms. The number of allylic oxidation sites excluding steroid dienone is 2. The van der Waals surface area contributed by atoms with Crippen molar-refractivity contribution in [3.8, 4) is 0 Å². The van der Waals surface area contributed by atoms with Gasteiger partial charge in [0.25, 0.3) is 0 Å². The van der Waals surface area contributed by atoms with Crippen molar-refractivity contribution in [3.63, 3.8) is 0 Å². The normalized spacial score (nSPS) is 16.1. The Balaban J connectivity index is 1.93. The lowest BCUT2D eigenvalue weighted by Gasteiger charge is -2.55. The number of unbranched alkanes of at least 4 members (excludes halogenated alkanes) is 30. The molecule has 1 nitrogen and oxygen atoms in total. The van der Waals surface area contributed by atoms with Crippen LogP contribution < -0.4 is 4.48 Å². The number of alkyl halides is 1. The zero-order chi connectivity index (χ0) is 60.9. The average molecular weight is 1200 g/mol. The zero-order valence-corrected chi connectivity index (χ0v) is 46.7. The second-order valence-electron chi connectivity index (χ2n) is 21.8. The summed E-state index contributed by atoms with van der Waals surface area (Å²) in [6, 6.07) is 0. The molecule has 2 atom stereocenters. The Labute approximate surface area is 468 Å². The first-order chi connectivity index (χ1) is 39.1. The molecule has 0 aromatic heterocycles. The summed E-state index contributed by atoms with van der Waals surface area (Å²) in [7, 11) is 0. The smallest absolute Gasteiger partial charge is 0.226 e. The van der Waals surface area contributed by atoms with E-state index < -0.39 is 175 Å². The van der Waals surface area contributed by atoms with Crippen molar-refractivity contribution in [3.05, 3.63) is 111 Å². The summed E-state index contributed by atoms with van der Waals surface area (Å²) in [6.07, 6.45) is 16.5. The van der Waals surface area contributed by atoms with Crippen LogP contribution >= 0.6 is 0 Å². The van der Waals surface area contributed by atoms with Crippen LogP contribution in [0.25, 0.3) is 0 Å². The fourth-order valence-corrected chi connectivity index (χ4v) is 11.8. The molecule has 0 aliphatic heterocycles. The molecule has 1 aliphatic rings. The second kappa shape index (κ2) is 34.0. The van der Waals surface area contributed by atoms with Gasteiger partial charge in [-0.2, -0.15) is 30.8 Å². The van der Waals surface area contributed by atoms with E-state index in [-0.39, 0.29) is 25.7 Å². The molecule has 0 fully saturated rings. The molecule has 0 heterocycles. The number of nitrogens with zero attached hydrogens (tertiary/aromatic N) is 1. The number of quaternary nitrogens is 1. The first kappa shape index (κ1) is 70.2. The second-order valence-corrected chi connectivity index (χ2v) is 21.8. The van der Waals surface area contributed by atoms with Crippen molar-refractivity contribution >= 4 is 17.1 Å². The number of halogens is 20. The molecular weight excluding hydrogens is 1130 g/mol. The molecule has 0 saturated heterocycles. The molecule has 0 amide bonds. The minimum atomic E-state index is -5.45. The zero-order valence-electron chi connectivity index (χ0n) is 46.7. The molecule has 3 aromatic rings. The van der Waals surface area contributed by atoms with E-state index in [9.17, 15) is 0 Å². The maximum Gasteiger partial charge on any atom is 0.226 e. The molecule has 2 unspecified atom stereocenters. The first-order valence-electron chi connectivity index (χ1n) is 29.3. The van der Waals surface area contributed by atoms with Crippen LogP contribution in [0.2, 0.25) is 0 Å². The van der Waals surface area contributed by atoms with Gasteiger partial charge in [0.2, 0.25) is 122 Å². The van der Waals surface area contributed by atoms with Gasteiger partial charge in [0.1, 0.15) is 0 Å². The highest BCUT2D eigenvalue weighted by molar-refractivity contribution is 5.79. The van der Waals surface area contributed by atoms with Gasteiger partial charge in [-0.3, -0.25) is 0 Å². The number of hydrogen-bond donors (Lipinski definition) is 0. The fraction of sp³-hybridized carbons (Fsp3) is 0.639. The van der Waals surface area contributed by atoms with Crippen LogP contribution in [0.3, 0.4) is 0 Å². The van der Waals surface area contributed by atoms with Crippen LogP contribution in [0.15, 0.2) is 23.3 Å². The third-order valence-corrected chi connectivity index (χ3v) is 16.1. The molecule has 3 aromatic carbocycles. The van der Waals surface area contributed by atoms with E-state index in [4.69, 9.17) is 0 Å². The van der Waals surface area contributed by atoms with Gasteiger partial charge < -0.3 is 0 Å². The molecule has 464 valence electrons. The largest absolute Gasteiger partial charge is 0.232 e. The van der Waals surface area contributed by atoms with Crippen molar-refractivity contribution in [2.45, 2.75) is 244 Å². The van der Waals surface area contributed by atoms with Crippen LogP contribution in [0.5, 0.6) is 0 Å². The molecule has 0 bridgehead atoms. The molecular formula is C61H76F20N+. The van der Waals surface area contributed by atoms with Crippen molar-refractivity contribution in [1.82, 2.24) is 4.48 Å². The van der Waals surface area contributed by atoms with E-state index >= 15 is 87.8 Å². The molecule has 21 heteroatoms. The lowest BCUT2D eigenvalue weighted by Crippen LogP contribution is -2.71. The van der Waals surface area contributed by atoms with E-state index in [1.165, 1.54) is 25.7 Å². The average Bonchev–Trinajstić information content (AvgIpc) is 0.747. The molecule has 0 N–H and O–H groups in total. The van der Waals surface area contributed by atoms with E-state index in [0.717, 1.165) is 116 Å². The highest BCUT2D eigenvalue weighted by Gasteiger charge is 2.76. The summed E-state index contributed by atoms with van der Waals surface area (Å²) in [5, 5.41) is 0. The quantitative estimate of drug-likeness (QED) is 0.0176.